The van der Waals surface area contributed by atoms with Crippen LogP contribution in [-0.2, 0) is 14.8 Å². The quantitative estimate of drug-likeness (QED) is 0.531. The van der Waals surface area contributed by atoms with Gasteiger partial charge in [0.1, 0.15) is 10.6 Å². The predicted octanol–water partition coefficient (Wildman–Crippen LogP) is 2.58. The van der Waals surface area contributed by atoms with Crippen molar-refractivity contribution >= 4 is 21.8 Å². The Bertz CT molecular complexity index is 802. The number of sulfonamides is 1. The van der Waals surface area contributed by atoms with Crippen LogP contribution in [0, 0.1) is 6.92 Å². The molecule has 1 saturated heterocycles. The van der Waals surface area contributed by atoms with Crippen molar-refractivity contribution in [2.75, 3.05) is 38.7 Å². The van der Waals surface area contributed by atoms with Gasteiger partial charge >= 0.3 is 0 Å². The Balaban J connectivity index is 1.50. The van der Waals surface area contributed by atoms with Crippen LogP contribution in [0.15, 0.2) is 52.5 Å². The van der Waals surface area contributed by atoms with Crippen molar-refractivity contribution < 1.29 is 17.9 Å². The summed E-state index contributed by atoms with van der Waals surface area (Å²) in [6, 6.07) is 11.3. The highest BCUT2D eigenvalue weighted by Crippen LogP contribution is 2.21. The Kier molecular flexibility index (Phi) is 6.53. The fraction of sp³-hybridized carbons (Fsp3) is 0.389. The number of hydrogen-bond acceptors (Lipinski definition) is 6. The van der Waals surface area contributed by atoms with Gasteiger partial charge in [-0.25, -0.2) is 13.4 Å². The first-order chi connectivity index (χ1) is 12.6. The van der Waals surface area contributed by atoms with Crippen molar-refractivity contribution in [1.82, 2.24) is 9.29 Å². The van der Waals surface area contributed by atoms with E-state index in [1.165, 1.54) is 27.8 Å². The number of thioether (sulfide) groups is 1. The third-order valence-electron chi connectivity index (χ3n) is 3.94. The number of hydrogen-bond donors (Lipinski definition) is 0. The molecule has 8 heteroatoms. The van der Waals surface area contributed by atoms with E-state index < -0.39 is 10.0 Å². The SMILES string of the molecule is Cc1ccc(OCCSc2ccc(S(=O)(=O)N3CCOCC3)cn2)cc1. The summed E-state index contributed by atoms with van der Waals surface area (Å²) in [7, 11) is -3.49. The molecule has 1 aliphatic heterocycles. The summed E-state index contributed by atoms with van der Waals surface area (Å²) in [5.41, 5.74) is 1.20. The van der Waals surface area contributed by atoms with E-state index >= 15 is 0 Å². The zero-order chi connectivity index (χ0) is 18.4. The van der Waals surface area contributed by atoms with Crippen LogP contribution in [0.3, 0.4) is 0 Å². The van der Waals surface area contributed by atoms with Crippen molar-refractivity contribution in [1.29, 1.82) is 0 Å². The largest absolute Gasteiger partial charge is 0.493 e. The molecule has 140 valence electrons. The summed E-state index contributed by atoms with van der Waals surface area (Å²) >= 11 is 1.53. The number of aryl methyl sites for hydroxylation is 1. The number of morpholine rings is 1. The van der Waals surface area contributed by atoms with Crippen LogP contribution in [0.4, 0.5) is 0 Å². The van der Waals surface area contributed by atoms with E-state index in [4.69, 9.17) is 9.47 Å². The second-order valence-corrected chi connectivity index (χ2v) is 8.91. The maximum Gasteiger partial charge on any atom is 0.244 e. The number of rotatable bonds is 7. The Morgan fingerprint density at radius 1 is 1.15 bits per heavy atom. The molecule has 1 aliphatic rings. The lowest BCUT2D eigenvalue weighted by Crippen LogP contribution is -2.40. The van der Waals surface area contributed by atoms with Gasteiger partial charge in [-0.2, -0.15) is 4.31 Å². The van der Waals surface area contributed by atoms with E-state index in [0.29, 0.717) is 32.9 Å². The summed E-state index contributed by atoms with van der Waals surface area (Å²) in [6.45, 7) is 4.23. The van der Waals surface area contributed by atoms with Gasteiger partial charge in [0.05, 0.1) is 24.8 Å². The maximum atomic E-state index is 12.5. The lowest BCUT2D eigenvalue weighted by Gasteiger charge is -2.25. The molecule has 1 aromatic heterocycles. The molecule has 0 unspecified atom stereocenters. The van der Waals surface area contributed by atoms with E-state index in [-0.39, 0.29) is 4.90 Å². The molecular formula is C18H22N2O4S2. The molecule has 1 aromatic carbocycles. The summed E-state index contributed by atoms with van der Waals surface area (Å²) in [6.07, 6.45) is 1.42. The fourth-order valence-corrected chi connectivity index (χ4v) is 4.50. The number of aromatic nitrogens is 1. The van der Waals surface area contributed by atoms with Crippen molar-refractivity contribution in [3.63, 3.8) is 0 Å². The van der Waals surface area contributed by atoms with Gasteiger partial charge in [-0.3, -0.25) is 0 Å². The average Bonchev–Trinajstić information content (AvgIpc) is 2.68. The third kappa shape index (κ3) is 4.97. The molecule has 0 atom stereocenters. The maximum absolute atomic E-state index is 12.5. The first-order valence-corrected chi connectivity index (χ1v) is 10.8. The van der Waals surface area contributed by atoms with Gasteiger partial charge in [0, 0.05) is 25.0 Å². The van der Waals surface area contributed by atoms with E-state index in [2.05, 4.69) is 4.98 Å². The molecule has 2 aromatic rings. The van der Waals surface area contributed by atoms with E-state index in [1.807, 2.05) is 31.2 Å². The van der Waals surface area contributed by atoms with Gasteiger partial charge in [-0.1, -0.05) is 17.7 Å². The molecule has 0 aliphatic carbocycles. The Hall–Kier alpha value is -1.61. The minimum Gasteiger partial charge on any atom is -0.493 e. The van der Waals surface area contributed by atoms with Gasteiger partial charge in [0.15, 0.2) is 0 Å². The molecule has 0 bridgehead atoms. The van der Waals surface area contributed by atoms with Crippen LogP contribution < -0.4 is 4.74 Å². The standard InChI is InChI=1S/C18H22N2O4S2/c1-15-2-4-16(5-3-15)24-12-13-25-18-7-6-17(14-19-18)26(21,22)20-8-10-23-11-9-20/h2-7,14H,8-13H2,1H3. The Morgan fingerprint density at radius 2 is 1.88 bits per heavy atom. The molecule has 0 amide bonds. The van der Waals surface area contributed by atoms with Crippen molar-refractivity contribution in [2.24, 2.45) is 0 Å². The second kappa shape index (κ2) is 8.85. The monoisotopic (exact) mass is 394 g/mol. The van der Waals surface area contributed by atoms with Crippen molar-refractivity contribution in [3.05, 3.63) is 48.2 Å². The fourth-order valence-electron chi connectivity index (χ4n) is 2.48. The topological polar surface area (TPSA) is 68.7 Å². The van der Waals surface area contributed by atoms with Crippen LogP contribution in [-0.4, -0.2) is 56.4 Å². The summed E-state index contributed by atoms with van der Waals surface area (Å²) in [5, 5.41) is 0.776. The minimum atomic E-state index is -3.49. The number of pyridine rings is 1. The summed E-state index contributed by atoms with van der Waals surface area (Å²) in [5.74, 6) is 1.58. The highest BCUT2D eigenvalue weighted by Gasteiger charge is 2.26. The van der Waals surface area contributed by atoms with E-state index in [0.717, 1.165) is 16.5 Å². The van der Waals surface area contributed by atoms with Gasteiger partial charge in [-0.15, -0.1) is 11.8 Å². The van der Waals surface area contributed by atoms with E-state index in [9.17, 15) is 8.42 Å². The van der Waals surface area contributed by atoms with Crippen LogP contribution >= 0.6 is 11.8 Å². The lowest BCUT2D eigenvalue weighted by molar-refractivity contribution is 0.0730. The van der Waals surface area contributed by atoms with Gasteiger partial charge in [-0.05, 0) is 31.2 Å². The van der Waals surface area contributed by atoms with Crippen LogP contribution in [0.2, 0.25) is 0 Å². The lowest BCUT2D eigenvalue weighted by atomic mass is 10.2. The van der Waals surface area contributed by atoms with Gasteiger partial charge in [0.25, 0.3) is 0 Å². The van der Waals surface area contributed by atoms with Crippen molar-refractivity contribution in [3.8, 4) is 5.75 Å². The molecule has 6 nitrogen and oxygen atoms in total. The molecule has 3 rings (SSSR count). The molecule has 1 fully saturated rings. The van der Waals surface area contributed by atoms with Gasteiger partial charge in [0.2, 0.25) is 10.0 Å². The molecule has 2 heterocycles. The van der Waals surface area contributed by atoms with Crippen LogP contribution in [0.1, 0.15) is 5.56 Å². The molecule has 0 radical (unpaired) electrons. The molecule has 0 spiro atoms. The number of nitrogens with zero attached hydrogens (tertiary/aromatic N) is 2. The molecule has 0 N–H and O–H groups in total. The van der Waals surface area contributed by atoms with Crippen molar-refractivity contribution in [2.45, 2.75) is 16.8 Å². The normalized spacial score (nSPS) is 15.7. The van der Waals surface area contributed by atoms with Gasteiger partial charge < -0.3 is 9.47 Å². The number of benzene rings is 1. The Labute approximate surface area is 158 Å². The minimum absolute atomic E-state index is 0.222. The highest BCUT2D eigenvalue weighted by molar-refractivity contribution is 7.99. The Morgan fingerprint density at radius 3 is 2.54 bits per heavy atom. The smallest absolute Gasteiger partial charge is 0.244 e. The zero-order valence-electron chi connectivity index (χ0n) is 14.6. The zero-order valence-corrected chi connectivity index (χ0v) is 16.3. The molecular weight excluding hydrogens is 372 g/mol. The third-order valence-corrected chi connectivity index (χ3v) is 6.73. The first kappa shape index (κ1) is 19.2. The van der Waals surface area contributed by atoms with E-state index in [1.54, 1.807) is 12.1 Å². The molecule has 0 saturated carbocycles. The summed E-state index contributed by atoms with van der Waals surface area (Å²) in [4.78, 5) is 4.49. The number of ether oxygens (including phenoxy) is 2. The van der Waals surface area contributed by atoms with Crippen LogP contribution in [0.5, 0.6) is 5.75 Å². The first-order valence-electron chi connectivity index (χ1n) is 8.42. The van der Waals surface area contributed by atoms with Crippen LogP contribution in [0.25, 0.3) is 0 Å². The molecule has 26 heavy (non-hydrogen) atoms. The second-order valence-electron chi connectivity index (χ2n) is 5.86. The predicted molar refractivity (Wildman–Crippen MR) is 101 cm³/mol. The average molecular weight is 395 g/mol. The summed E-state index contributed by atoms with van der Waals surface area (Å²) < 4.78 is 37.4. The highest BCUT2D eigenvalue weighted by atomic mass is 32.2.